The number of aliphatic imine (C=N–C) groups is 1. The Morgan fingerprint density at radius 2 is 1.81 bits per heavy atom. The van der Waals surface area contributed by atoms with Crippen LogP contribution >= 0.6 is 0 Å². The zero-order valence-corrected chi connectivity index (χ0v) is 21.3. The lowest BCUT2D eigenvalue weighted by atomic mass is 9.81. The Balaban J connectivity index is 1.17. The first-order valence-electron chi connectivity index (χ1n) is 13.5. The number of halogens is 1. The highest BCUT2D eigenvalue weighted by Crippen LogP contribution is 2.34. The molecule has 0 radical (unpaired) electrons. The second-order valence-corrected chi connectivity index (χ2v) is 10.4. The molecule has 2 fully saturated rings. The van der Waals surface area contributed by atoms with E-state index in [2.05, 4.69) is 27.8 Å². The minimum absolute atomic E-state index is 0.00594. The van der Waals surface area contributed by atoms with Crippen molar-refractivity contribution in [3.05, 3.63) is 71.5 Å². The zero-order chi connectivity index (χ0) is 25.5. The molecule has 198 valence electrons. The van der Waals surface area contributed by atoms with Crippen LogP contribution in [0.15, 0.2) is 59.6 Å². The zero-order valence-electron chi connectivity index (χ0n) is 21.3. The normalized spacial score (nSPS) is 24.0. The fourth-order valence-electron chi connectivity index (χ4n) is 5.81. The summed E-state index contributed by atoms with van der Waals surface area (Å²) in [7, 11) is 0. The molecule has 2 aromatic carbocycles. The van der Waals surface area contributed by atoms with Gasteiger partial charge in [-0.3, -0.25) is 4.79 Å². The SMILES string of the molecule is O=C(N[C@@H](CCN1CCC(C2(Cc3ccc(F)cc3)N=CON2)CC1)c1ccccc1)C1CCOCC1. The van der Waals surface area contributed by atoms with Gasteiger partial charge < -0.3 is 19.8 Å². The van der Waals surface area contributed by atoms with Crippen molar-refractivity contribution in [3.8, 4) is 0 Å². The number of likely N-dealkylation sites (tertiary alicyclic amines) is 1. The Bertz CT molecular complexity index is 1040. The highest BCUT2D eigenvalue weighted by molar-refractivity contribution is 5.79. The number of hydrogen-bond acceptors (Lipinski definition) is 6. The standard InChI is InChI=1S/C29H37FN4O3/c30-26-8-6-22(7-9-26)20-29(31-21-37-33-29)25-10-15-34(16-11-25)17-12-27(23-4-2-1-3-5-23)32-28(35)24-13-18-36-19-14-24/h1-9,21,24-25,27,33H,10-20H2,(H,32,35)/t27-,29?/m0/s1. The second kappa shape index (κ2) is 12.2. The highest BCUT2D eigenvalue weighted by Gasteiger charge is 2.43. The first-order valence-corrected chi connectivity index (χ1v) is 13.5. The number of rotatable bonds is 9. The van der Waals surface area contributed by atoms with Gasteiger partial charge in [-0.15, -0.1) is 5.48 Å². The Morgan fingerprint density at radius 3 is 2.49 bits per heavy atom. The predicted molar refractivity (Wildman–Crippen MR) is 140 cm³/mol. The van der Waals surface area contributed by atoms with Crippen LogP contribution in [-0.2, 0) is 20.8 Å². The molecule has 8 heteroatoms. The molecule has 37 heavy (non-hydrogen) atoms. The number of carbonyl (C=O) groups excluding carboxylic acids is 1. The van der Waals surface area contributed by atoms with Crippen LogP contribution < -0.4 is 10.8 Å². The lowest BCUT2D eigenvalue weighted by Gasteiger charge is -2.40. The van der Waals surface area contributed by atoms with Crippen LogP contribution in [0.1, 0.15) is 49.3 Å². The van der Waals surface area contributed by atoms with Crippen molar-refractivity contribution in [2.24, 2.45) is 16.8 Å². The maximum Gasteiger partial charge on any atom is 0.223 e. The maximum absolute atomic E-state index is 13.4. The molecule has 2 saturated heterocycles. The minimum atomic E-state index is -0.520. The molecule has 1 unspecified atom stereocenters. The number of ether oxygens (including phenoxy) is 1. The van der Waals surface area contributed by atoms with Gasteiger partial charge in [-0.05, 0) is 68.5 Å². The quantitative estimate of drug-likeness (QED) is 0.535. The first kappa shape index (κ1) is 25.8. The lowest BCUT2D eigenvalue weighted by Crippen LogP contribution is -2.52. The first-order chi connectivity index (χ1) is 18.1. The summed E-state index contributed by atoms with van der Waals surface area (Å²) in [6.45, 7) is 4.16. The number of nitrogens with zero attached hydrogens (tertiary/aromatic N) is 2. The van der Waals surface area contributed by atoms with Crippen LogP contribution in [0.3, 0.4) is 0 Å². The van der Waals surface area contributed by atoms with Gasteiger partial charge in [0.15, 0.2) is 12.1 Å². The summed E-state index contributed by atoms with van der Waals surface area (Å²) < 4.78 is 18.8. The number of carbonyl (C=O) groups is 1. The van der Waals surface area contributed by atoms with E-state index in [0.717, 1.165) is 62.9 Å². The van der Waals surface area contributed by atoms with Gasteiger partial charge >= 0.3 is 0 Å². The fraction of sp³-hybridized carbons (Fsp3) is 0.517. The summed E-state index contributed by atoms with van der Waals surface area (Å²) in [4.78, 5) is 25.5. The van der Waals surface area contributed by atoms with Crippen molar-refractivity contribution < 1.29 is 18.8 Å². The molecule has 3 aliphatic rings. The van der Waals surface area contributed by atoms with Crippen LogP contribution in [0, 0.1) is 17.7 Å². The third-order valence-corrected chi connectivity index (χ3v) is 8.07. The third kappa shape index (κ3) is 6.55. The van der Waals surface area contributed by atoms with Crippen LogP contribution in [0.5, 0.6) is 0 Å². The fourth-order valence-corrected chi connectivity index (χ4v) is 5.81. The van der Waals surface area contributed by atoms with Crippen LogP contribution in [0.25, 0.3) is 0 Å². The van der Waals surface area contributed by atoms with Gasteiger partial charge in [0.25, 0.3) is 0 Å². The van der Waals surface area contributed by atoms with E-state index < -0.39 is 5.66 Å². The Morgan fingerprint density at radius 1 is 1.08 bits per heavy atom. The summed E-state index contributed by atoms with van der Waals surface area (Å²) in [5, 5.41) is 3.34. The number of benzene rings is 2. The largest absolute Gasteiger partial charge is 0.394 e. The van der Waals surface area contributed by atoms with Gasteiger partial charge in [0.2, 0.25) is 5.91 Å². The molecular formula is C29H37FN4O3. The molecule has 2 N–H and O–H groups in total. The monoisotopic (exact) mass is 508 g/mol. The van der Waals surface area contributed by atoms with E-state index >= 15 is 0 Å². The van der Waals surface area contributed by atoms with Crippen molar-refractivity contribution in [2.45, 2.75) is 50.2 Å². The van der Waals surface area contributed by atoms with Gasteiger partial charge in [-0.25, -0.2) is 9.38 Å². The second-order valence-electron chi connectivity index (χ2n) is 10.4. The van der Waals surface area contributed by atoms with E-state index in [0.29, 0.717) is 25.6 Å². The highest BCUT2D eigenvalue weighted by atomic mass is 19.1. The number of nitrogens with one attached hydrogen (secondary N) is 2. The third-order valence-electron chi connectivity index (χ3n) is 8.07. The molecule has 5 rings (SSSR count). The summed E-state index contributed by atoms with van der Waals surface area (Å²) >= 11 is 0. The minimum Gasteiger partial charge on any atom is -0.394 e. The number of hydrogen-bond donors (Lipinski definition) is 2. The number of amides is 1. The van der Waals surface area contributed by atoms with Crippen molar-refractivity contribution in [1.29, 1.82) is 0 Å². The summed E-state index contributed by atoms with van der Waals surface area (Å²) in [6, 6.07) is 16.9. The van der Waals surface area contributed by atoms with Crippen molar-refractivity contribution in [1.82, 2.24) is 15.7 Å². The maximum atomic E-state index is 13.4. The molecule has 3 aliphatic heterocycles. The topological polar surface area (TPSA) is 75.2 Å². The summed E-state index contributed by atoms with van der Waals surface area (Å²) in [5.74, 6) is 0.257. The van der Waals surface area contributed by atoms with Gasteiger partial charge in [-0.1, -0.05) is 42.5 Å². The Kier molecular flexibility index (Phi) is 8.48. The smallest absolute Gasteiger partial charge is 0.223 e. The molecule has 1 amide bonds. The van der Waals surface area contributed by atoms with E-state index in [1.54, 1.807) is 0 Å². The van der Waals surface area contributed by atoms with E-state index in [-0.39, 0.29) is 23.7 Å². The predicted octanol–water partition coefficient (Wildman–Crippen LogP) is 4.01. The average molecular weight is 509 g/mol. The van der Waals surface area contributed by atoms with Crippen molar-refractivity contribution in [2.75, 3.05) is 32.8 Å². The Labute approximate surface area is 218 Å². The molecule has 0 aliphatic carbocycles. The molecule has 7 nitrogen and oxygen atoms in total. The van der Waals surface area contributed by atoms with E-state index in [4.69, 9.17) is 14.6 Å². The molecule has 3 heterocycles. The van der Waals surface area contributed by atoms with Crippen molar-refractivity contribution >= 4 is 12.3 Å². The molecule has 2 aromatic rings. The lowest BCUT2D eigenvalue weighted by molar-refractivity contribution is -0.128. The molecule has 0 aromatic heterocycles. The van der Waals surface area contributed by atoms with Gasteiger partial charge in [0, 0.05) is 38.0 Å². The molecule has 0 saturated carbocycles. The summed E-state index contributed by atoms with van der Waals surface area (Å²) in [6.07, 6.45) is 6.56. The van der Waals surface area contributed by atoms with Crippen LogP contribution in [0.2, 0.25) is 0 Å². The molecule has 2 atom stereocenters. The van der Waals surface area contributed by atoms with Gasteiger partial charge in [-0.2, -0.15) is 0 Å². The van der Waals surface area contributed by atoms with Crippen LogP contribution in [0.4, 0.5) is 4.39 Å². The van der Waals surface area contributed by atoms with E-state index in [1.165, 1.54) is 18.5 Å². The molecule has 0 spiro atoms. The van der Waals surface area contributed by atoms with Crippen LogP contribution in [-0.4, -0.2) is 55.7 Å². The van der Waals surface area contributed by atoms with Gasteiger partial charge in [0.1, 0.15) is 5.82 Å². The number of piperidine rings is 1. The van der Waals surface area contributed by atoms with Gasteiger partial charge in [0.05, 0.1) is 6.04 Å². The number of hydroxylamine groups is 1. The van der Waals surface area contributed by atoms with E-state index in [1.807, 2.05) is 30.3 Å². The molecular weight excluding hydrogens is 471 g/mol. The Hall–Kier alpha value is -2.81. The average Bonchev–Trinajstić information content (AvgIpc) is 3.43. The molecule has 0 bridgehead atoms. The van der Waals surface area contributed by atoms with E-state index in [9.17, 15) is 9.18 Å². The summed E-state index contributed by atoms with van der Waals surface area (Å²) in [5.41, 5.74) is 4.81. The van der Waals surface area contributed by atoms with Crippen molar-refractivity contribution in [3.63, 3.8) is 0 Å².